The zero-order valence-corrected chi connectivity index (χ0v) is 28.9. The molecule has 0 amide bonds. The van der Waals surface area contributed by atoms with Gasteiger partial charge in [-0.05, 0) is 91.8 Å². The number of nitrogens with zero attached hydrogens (tertiary/aromatic N) is 1. The Bertz CT molecular complexity index is 2830. The van der Waals surface area contributed by atoms with Crippen molar-refractivity contribution in [2.45, 2.75) is 5.41 Å². The number of benzene rings is 9. The van der Waals surface area contributed by atoms with E-state index < -0.39 is 5.41 Å². The fourth-order valence-electron chi connectivity index (χ4n) is 9.06. The van der Waals surface area contributed by atoms with Gasteiger partial charge in [0, 0.05) is 28.1 Å². The van der Waals surface area contributed by atoms with Gasteiger partial charge in [0.25, 0.3) is 0 Å². The first kappa shape index (κ1) is 29.8. The molecule has 248 valence electrons. The van der Waals surface area contributed by atoms with Crippen LogP contribution in [0.4, 0.5) is 17.1 Å². The van der Waals surface area contributed by atoms with E-state index in [0.717, 1.165) is 39.7 Å². The van der Waals surface area contributed by atoms with Gasteiger partial charge in [0.1, 0.15) is 11.5 Å². The Morgan fingerprint density at radius 3 is 1.72 bits per heavy atom. The molecule has 53 heavy (non-hydrogen) atoms. The highest BCUT2D eigenvalue weighted by Crippen LogP contribution is 2.64. The van der Waals surface area contributed by atoms with Crippen LogP contribution in [0.25, 0.3) is 43.8 Å². The second kappa shape index (κ2) is 11.6. The SMILES string of the molecule is c1ccc(-c2ccc(N(c3ccc4ccc5ccccc5c4c3)c3cccc4c3-c3ccccc3C43c4ccccc4Oc4ccccc43)cc2)cc1. The Morgan fingerprint density at radius 1 is 0.377 bits per heavy atom. The number of hydrogen-bond donors (Lipinski definition) is 0. The van der Waals surface area contributed by atoms with Gasteiger partial charge in [0.15, 0.2) is 0 Å². The third kappa shape index (κ3) is 4.33. The standard InChI is InChI=1S/C51H33NO/c1-2-13-34(14-3-1)35-27-30-38(31-28-35)52(39-32-29-37-26-25-36-15-4-5-16-40(36)42(37)33-39)47-22-12-21-46-50(47)41-17-6-7-18-43(41)51(46)44-19-8-10-23-48(44)53-49-24-11-9-20-45(49)51/h1-33H. The Kier molecular flexibility index (Phi) is 6.50. The average Bonchev–Trinajstić information content (AvgIpc) is 3.53. The second-order valence-electron chi connectivity index (χ2n) is 14.0. The molecule has 0 bridgehead atoms. The molecule has 0 radical (unpaired) electrons. The van der Waals surface area contributed by atoms with Crippen LogP contribution in [-0.4, -0.2) is 0 Å². The van der Waals surface area contributed by atoms with Gasteiger partial charge in [-0.1, -0.05) is 158 Å². The lowest BCUT2D eigenvalue weighted by atomic mass is 9.66. The van der Waals surface area contributed by atoms with Crippen molar-refractivity contribution in [2.24, 2.45) is 0 Å². The third-order valence-electron chi connectivity index (χ3n) is 11.3. The number of anilines is 3. The van der Waals surface area contributed by atoms with Gasteiger partial charge in [0.05, 0.1) is 11.1 Å². The van der Waals surface area contributed by atoms with Crippen LogP contribution in [0.2, 0.25) is 0 Å². The minimum atomic E-state index is -0.546. The molecular formula is C51H33NO. The molecule has 0 N–H and O–H groups in total. The minimum Gasteiger partial charge on any atom is -0.457 e. The average molecular weight is 676 g/mol. The van der Waals surface area contributed by atoms with E-state index in [-0.39, 0.29) is 0 Å². The van der Waals surface area contributed by atoms with Crippen LogP contribution in [0.5, 0.6) is 11.5 Å². The summed E-state index contributed by atoms with van der Waals surface area (Å²) in [6.07, 6.45) is 0. The molecule has 0 unspecified atom stereocenters. The van der Waals surface area contributed by atoms with Crippen molar-refractivity contribution in [3.8, 4) is 33.8 Å². The zero-order valence-electron chi connectivity index (χ0n) is 28.9. The summed E-state index contributed by atoms with van der Waals surface area (Å²) in [5.41, 5.74) is 12.5. The maximum Gasteiger partial charge on any atom is 0.132 e. The molecule has 0 saturated carbocycles. The van der Waals surface area contributed by atoms with E-state index in [1.165, 1.54) is 54.9 Å². The van der Waals surface area contributed by atoms with E-state index in [2.05, 4.69) is 205 Å². The van der Waals surface area contributed by atoms with Crippen molar-refractivity contribution in [3.05, 3.63) is 222 Å². The largest absolute Gasteiger partial charge is 0.457 e. The molecule has 1 spiro atoms. The number of hydrogen-bond acceptors (Lipinski definition) is 2. The van der Waals surface area contributed by atoms with E-state index in [9.17, 15) is 0 Å². The molecule has 0 fully saturated rings. The van der Waals surface area contributed by atoms with E-state index in [1.807, 2.05) is 0 Å². The van der Waals surface area contributed by atoms with Gasteiger partial charge in [-0.2, -0.15) is 0 Å². The van der Waals surface area contributed by atoms with Crippen molar-refractivity contribution in [2.75, 3.05) is 4.90 Å². The first-order chi connectivity index (χ1) is 26.3. The van der Waals surface area contributed by atoms with Gasteiger partial charge < -0.3 is 9.64 Å². The lowest BCUT2D eigenvalue weighted by Crippen LogP contribution is -2.32. The maximum absolute atomic E-state index is 6.62. The van der Waals surface area contributed by atoms with E-state index in [0.29, 0.717) is 0 Å². The second-order valence-corrected chi connectivity index (χ2v) is 14.0. The van der Waals surface area contributed by atoms with Crippen molar-refractivity contribution in [1.82, 2.24) is 0 Å². The van der Waals surface area contributed by atoms with Crippen LogP contribution in [0.15, 0.2) is 200 Å². The molecule has 9 aromatic rings. The van der Waals surface area contributed by atoms with Gasteiger partial charge in [0.2, 0.25) is 0 Å². The molecule has 0 atom stereocenters. The summed E-state index contributed by atoms with van der Waals surface area (Å²) >= 11 is 0. The molecule has 2 nitrogen and oxygen atoms in total. The van der Waals surface area contributed by atoms with E-state index in [4.69, 9.17) is 4.74 Å². The van der Waals surface area contributed by atoms with Gasteiger partial charge >= 0.3 is 0 Å². The molecule has 2 aliphatic rings. The number of fused-ring (bicyclic) bond motifs is 12. The molecule has 1 aliphatic carbocycles. The summed E-state index contributed by atoms with van der Waals surface area (Å²) in [7, 11) is 0. The summed E-state index contributed by atoms with van der Waals surface area (Å²) in [5, 5.41) is 4.96. The lowest BCUT2D eigenvalue weighted by molar-refractivity contribution is 0.436. The Hall–Kier alpha value is -6.90. The molecule has 1 aliphatic heterocycles. The highest BCUT2D eigenvalue weighted by molar-refractivity contribution is 6.09. The van der Waals surface area contributed by atoms with Crippen LogP contribution in [0.3, 0.4) is 0 Å². The van der Waals surface area contributed by atoms with Crippen LogP contribution < -0.4 is 9.64 Å². The molecular weight excluding hydrogens is 643 g/mol. The molecule has 0 saturated heterocycles. The van der Waals surface area contributed by atoms with Crippen LogP contribution in [0.1, 0.15) is 22.3 Å². The Morgan fingerprint density at radius 2 is 0.943 bits per heavy atom. The highest BCUT2D eigenvalue weighted by Gasteiger charge is 2.51. The monoisotopic (exact) mass is 675 g/mol. The van der Waals surface area contributed by atoms with E-state index in [1.54, 1.807) is 0 Å². The van der Waals surface area contributed by atoms with Crippen molar-refractivity contribution in [1.29, 1.82) is 0 Å². The van der Waals surface area contributed by atoms with Gasteiger partial charge in [-0.25, -0.2) is 0 Å². The maximum atomic E-state index is 6.62. The van der Waals surface area contributed by atoms with Crippen molar-refractivity contribution < 1.29 is 4.74 Å². The predicted octanol–water partition coefficient (Wildman–Crippen LogP) is 13.6. The van der Waals surface area contributed by atoms with Crippen molar-refractivity contribution >= 4 is 38.6 Å². The van der Waals surface area contributed by atoms with Crippen LogP contribution in [0, 0.1) is 0 Å². The minimum absolute atomic E-state index is 0.546. The first-order valence-corrected chi connectivity index (χ1v) is 18.3. The van der Waals surface area contributed by atoms with Crippen LogP contribution >= 0.6 is 0 Å². The quantitative estimate of drug-likeness (QED) is 0.172. The Labute approximate surface area is 308 Å². The smallest absolute Gasteiger partial charge is 0.132 e. The molecule has 2 heteroatoms. The molecule has 1 heterocycles. The summed E-state index contributed by atoms with van der Waals surface area (Å²) < 4.78 is 6.62. The summed E-state index contributed by atoms with van der Waals surface area (Å²) in [6, 6.07) is 72.7. The predicted molar refractivity (Wildman–Crippen MR) is 219 cm³/mol. The van der Waals surface area contributed by atoms with Crippen LogP contribution in [-0.2, 0) is 5.41 Å². The third-order valence-corrected chi connectivity index (χ3v) is 11.3. The van der Waals surface area contributed by atoms with Crippen molar-refractivity contribution in [3.63, 3.8) is 0 Å². The van der Waals surface area contributed by atoms with E-state index >= 15 is 0 Å². The topological polar surface area (TPSA) is 12.5 Å². The normalized spacial score (nSPS) is 13.2. The number of rotatable bonds is 4. The van der Waals surface area contributed by atoms with Gasteiger partial charge in [-0.3, -0.25) is 0 Å². The summed E-state index contributed by atoms with van der Waals surface area (Å²) in [5.74, 6) is 1.79. The number of ether oxygens (including phenoxy) is 1. The fourth-order valence-corrected chi connectivity index (χ4v) is 9.06. The highest BCUT2D eigenvalue weighted by atomic mass is 16.5. The summed E-state index contributed by atoms with van der Waals surface area (Å²) in [4.78, 5) is 2.46. The fraction of sp³-hybridized carbons (Fsp3) is 0.0196. The molecule has 11 rings (SSSR count). The Balaban J connectivity index is 1.21. The van der Waals surface area contributed by atoms with Gasteiger partial charge in [-0.15, -0.1) is 0 Å². The lowest BCUT2D eigenvalue weighted by Gasteiger charge is -2.39. The molecule has 0 aromatic heterocycles. The molecule has 9 aromatic carbocycles. The first-order valence-electron chi connectivity index (χ1n) is 18.3. The zero-order chi connectivity index (χ0) is 34.9. The number of para-hydroxylation sites is 2. The summed E-state index contributed by atoms with van der Waals surface area (Å²) in [6.45, 7) is 0.